The summed E-state index contributed by atoms with van der Waals surface area (Å²) in [6.45, 7) is 6.43. The largest absolute Gasteiger partial charge is 0.492 e. The maximum atomic E-state index is 12.4. The summed E-state index contributed by atoms with van der Waals surface area (Å²) in [5.41, 5.74) is 3.59. The monoisotopic (exact) mass is 351 g/mol. The van der Waals surface area contributed by atoms with Crippen molar-refractivity contribution in [2.45, 2.75) is 27.4 Å². The van der Waals surface area contributed by atoms with Crippen LogP contribution in [0.4, 0.5) is 0 Å². The number of rotatable bonds is 6. The number of aromatic nitrogens is 3. The van der Waals surface area contributed by atoms with Gasteiger partial charge in [-0.3, -0.25) is 0 Å². The van der Waals surface area contributed by atoms with E-state index in [4.69, 9.17) is 9.47 Å². The fourth-order valence-corrected chi connectivity index (χ4v) is 2.68. The van der Waals surface area contributed by atoms with E-state index in [0.29, 0.717) is 18.1 Å². The number of carbonyl (C=O) groups excluding carboxylic acids is 1. The van der Waals surface area contributed by atoms with Gasteiger partial charge in [-0.25, -0.2) is 9.48 Å². The van der Waals surface area contributed by atoms with Crippen LogP contribution >= 0.6 is 0 Å². The third kappa shape index (κ3) is 3.74. The summed E-state index contributed by atoms with van der Waals surface area (Å²) in [5, 5.41) is 8.11. The summed E-state index contributed by atoms with van der Waals surface area (Å²) in [5.74, 6) is 0.187. The Hall–Kier alpha value is -3.15. The number of hydrogen-bond acceptors (Lipinski definition) is 5. The van der Waals surface area contributed by atoms with E-state index in [0.717, 1.165) is 16.8 Å². The minimum Gasteiger partial charge on any atom is -0.492 e. The molecule has 0 amide bonds. The average molecular weight is 351 g/mol. The van der Waals surface area contributed by atoms with Gasteiger partial charge >= 0.3 is 5.97 Å². The van der Waals surface area contributed by atoms with Crippen LogP contribution in [0.1, 0.15) is 34.2 Å². The Kier molecular flexibility index (Phi) is 5.31. The molecule has 2 aromatic carbocycles. The molecule has 0 saturated carbocycles. The summed E-state index contributed by atoms with van der Waals surface area (Å²) in [7, 11) is 0. The SMILES string of the molecule is CCOc1ccccc1-n1nnc(C(=O)OCc2cccc(C)c2)c1C. The van der Waals surface area contributed by atoms with Gasteiger partial charge in [0.1, 0.15) is 18.0 Å². The van der Waals surface area contributed by atoms with Crippen molar-refractivity contribution >= 4 is 5.97 Å². The quantitative estimate of drug-likeness (QED) is 0.634. The Labute approximate surface area is 152 Å². The molecule has 6 nitrogen and oxygen atoms in total. The molecule has 0 fully saturated rings. The number of ether oxygens (including phenoxy) is 2. The van der Waals surface area contributed by atoms with Gasteiger partial charge in [0.05, 0.1) is 12.3 Å². The van der Waals surface area contributed by atoms with E-state index in [2.05, 4.69) is 10.3 Å². The third-order valence-electron chi connectivity index (χ3n) is 3.93. The molecule has 134 valence electrons. The van der Waals surface area contributed by atoms with Crippen LogP contribution in [0.25, 0.3) is 5.69 Å². The lowest BCUT2D eigenvalue weighted by molar-refractivity contribution is 0.0464. The van der Waals surface area contributed by atoms with Gasteiger partial charge < -0.3 is 9.47 Å². The number of hydrogen-bond donors (Lipinski definition) is 0. The van der Waals surface area contributed by atoms with Gasteiger partial charge in [0, 0.05) is 0 Å². The van der Waals surface area contributed by atoms with Crippen LogP contribution in [0.15, 0.2) is 48.5 Å². The smallest absolute Gasteiger partial charge is 0.361 e. The molecule has 0 unspecified atom stereocenters. The third-order valence-corrected chi connectivity index (χ3v) is 3.93. The fraction of sp³-hybridized carbons (Fsp3) is 0.250. The van der Waals surface area contributed by atoms with Crippen LogP contribution in [0.2, 0.25) is 0 Å². The molecule has 0 saturated heterocycles. The Balaban J connectivity index is 1.79. The Morgan fingerprint density at radius 2 is 1.92 bits per heavy atom. The first-order chi connectivity index (χ1) is 12.6. The van der Waals surface area contributed by atoms with Gasteiger partial charge in [-0.1, -0.05) is 47.2 Å². The first kappa shape index (κ1) is 17.7. The van der Waals surface area contributed by atoms with Crippen molar-refractivity contribution < 1.29 is 14.3 Å². The van der Waals surface area contributed by atoms with E-state index < -0.39 is 5.97 Å². The first-order valence-corrected chi connectivity index (χ1v) is 8.47. The van der Waals surface area contributed by atoms with Crippen molar-refractivity contribution in [3.63, 3.8) is 0 Å². The highest BCUT2D eigenvalue weighted by atomic mass is 16.5. The van der Waals surface area contributed by atoms with Gasteiger partial charge in [-0.15, -0.1) is 5.10 Å². The Morgan fingerprint density at radius 3 is 2.69 bits per heavy atom. The summed E-state index contributed by atoms with van der Waals surface area (Å²) in [6.07, 6.45) is 0. The maximum Gasteiger partial charge on any atom is 0.361 e. The number of carbonyl (C=O) groups is 1. The second-order valence-corrected chi connectivity index (χ2v) is 5.90. The molecule has 3 rings (SSSR count). The summed E-state index contributed by atoms with van der Waals surface area (Å²) < 4.78 is 12.6. The second-order valence-electron chi connectivity index (χ2n) is 5.90. The molecule has 0 aliphatic heterocycles. The van der Waals surface area contributed by atoms with Crippen LogP contribution in [0, 0.1) is 13.8 Å². The zero-order chi connectivity index (χ0) is 18.5. The normalized spacial score (nSPS) is 10.6. The molecular weight excluding hydrogens is 330 g/mol. The standard InChI is InChI=1S/C20H21N3O3/c1-4-25-18-11-6-5-10-17(18)23-15(3)19(21-22-23)20(24)26-13-16-9-7-8-14(2)12-16/h5-12H,4,13H2,1-3H3. The van der Waals surface area contributed by atoms with Crippen LogP contribution in [-0.2, 0) is 11.3 Å². The predicted octanol–water partition coefficient (Wildman–Crippen LogP) is 3.64. The molecule has 0 N–H and O–H groups in total. The highest BCUT2D eigenvalue weighted by Crippen LogP contribution is 2.24. The van der Waals surface area contributed by atoms with E-state index in [9.17, 15) is 4.79 Å². The van der Waals surface area contributed by atoms with E-state index in [-0.39, 0.29) is 12.3 Å². The van der Waals surface area contributed by atoms with Crippen molar-refractivity contribution in [1.82, 2.24) is 15.0 Å². The zero-order valence-corrected chi connectivity index (χ0v) is 15.1. The highest BCUT2D eigenvalue weighted by Gasteiger charge is 2.20. The molecule has 0 aliphatic carbocycles. The molecule has 3 aromatic rings. The number of para-hydroxylation sites is 2. The van der Waals surface area contributed by atoms with E-state index in [1.54, 1.807) is 11.6 Å². The number of benzene rings is 2. The summed E-state index contributed by atoms with van der Waals surface area (Å²) >= 11 is 0. The number of nitrogens with zero attached hydrogens (tertiary/aromatic N) is 3. The summed E-state index contributed by atoms with van der Waals surface area (Å²) in [4.78, 5) is 12.4. The fourth-order valence-electron chi connectivity index (χ4n) is 2.68. The Morgan fingerprint density at radius 1 is 1.12 bits per heavy atom. The molecule has 1 aromatic heterocycles. The number of esters is 1. The molecule has 0 radical (unpaired) electrons. The lowest BCUT2D eigenvalue weighted by Gasteiger charge is -2.10. The van der Waals surface area contributed by atoms with Crippen molar-refractivity contribution in [1.29, 1.82) is 0 Å². The van der Waals surface area contributed by atoms with E-state index >= 15 is 0 Å². The molecular formula is C20H21N3O3. The zero-order valence-electron chi connectivity index (χ0n) is 15.1. The van der Waals surface area contributed by atoms with Gasteiger partial charge in [-0.05, 0) is 38.5 Å². The maximum absolute atomic E-state index is 12.4. The predicted molar refractivity (Wildman–Crippen MR) is 97.6 cm³/mol. The summed E-state index contributed by atoms with van der Waals surface area (Å²) in [6, 6.07) is 15.3. The minimum atomic E-state index is -0.496. The second kappa shape index (κ2) is 7.82. The molecule has 0 bridgehead atoms. The molecule has 6 heteroatoms. The van der Waals surface area contributed by atoms with Crippen LogP contribution in [0.3, 0.4) is 0 Å². The van der Waals surface area contributed by atoms with Crippen LogP contribution < -0.4 is 4.74 Å². The van der Waals surface area contributed by atoms with Gasteiger partial charge in [0.2, 0.25) is 0 Å². The van der Waals surface area contributed by atoms with Crippen LogP contribution in [0.5, 0.6) is 5.75 Å². The molecule has 0 spiro atoms. The lowest BCUT2D eigenvalue weighted by atomic mass is 10.1. The molecule has 1 heterocycles. The molecule has 26 heavy (non-hydrogen) atoms. The highest BCUT2D eigenvalue weighted by molar-refractivity contribution is 5.88. The first-order valence-electron chi connectivity index (χ1n) is 8.47. The van der Waals surface area contributed by atoms with Crippen LogP contribution in [-0.4, -0.2) is 27.6 Å². The molecule has 0 atom stereocenters. The number of aryl methyl sites for hydroxylation is 1. The molecule has 0 aliphatic rings. The van der Waals surface area contributed by atoms with Crippen molar-refractivity contribution in [3.05, 3.63) is 71.0 Å². The minimum absolute atomic E-state index is 0.197. The average Bonchev–Trinajstić information content (AvgIpc) is 3.02. The Bertz CT molecular complexity index is 918. The van der Waals surface area contributed by atoms with E-state index in [1.165, 1.54) is 0 Å². The topological polar surface area (TPSA) is 66.2 Å². The van der Waals surface area contributed by atoms with Crippen molar-refractivity contribution in [2.24, 2.45) is 0 Å². The van der Waals surface area contributed by atoms with Crippen molar-refractivity contribution in [2.75, 3.05) is 6.61 Å². The van der Waals surface area contributed by atoms with Gasteiger partial charge in [-0.2, -0.15) is 0 Å². The van der Waals surface area contributed by atoms with E-state index in [1.807, 2.05) is 62.4 Å². The lowest BCUT2D eigenvalue weighted by Crippen LogP contribution is -2.09. The van der Waals surface area contributed by atoms with Gasteiger partial charge in [0.15, 0.2) is 5.69 Å². The van der Waals surface area contributed by atoms with Crippen molar-refractivity contribution in [3.8, 4) is 11.4 Å². The van der Waals surface area contributed by atoms with Gasteiger partial charge in [0.25, 0.3) is 0 Å².